The van der Waals surface area contributed by atoms with Gasteiger partial charge in [-0.3, -0.25) is 4.79 Å². The van der Waals surface area contributed by atoms with E-state index in [1.165, 1.54) is 23.1 Å². The first kappa shape index (κ1) is 17.5. The van der Waals surface area contributed by atoms with Crippen molar-refractivity contribution < 1.29 is 4.79 Å². The number of nitrogens with zero attached hydrogens (tertiary/aromatic N) is 5. The molecule has 1 saturated carbocycles. The van der Waals surface area contributed by atoms with Crippen LogP contribution in [0.1, 0.15) is 61.1 Å². The summed E-state index contributed by atoms with van der Waals surface area (Å²) in [7, 11) is 0. The summed E-state index contributed by atoms with van der Waals surface area (Å²) in [5.41, 5.74) is 1.79. The molecule has 0 radical (unpaired) electrons. The van der Waals surface area contributed by atoms with E-state index in [4.69, 9.17) is 0 Å². The van der Waals surface area contributed by atoms with E-state index in [1.807, 2.05) is 11.6 Å². The van der Waals surface area contributed by atoms with Crippen molar-refractivity contribution >= 4 is 34.0 Å². The van der Waals surface area contributed by atoms with Gasteiger partial charge >= 0.3 is 0 Å². The Morgan fingerprint density at radius 3 is 2.96 bits per heavy atom. The highest BCUT2D eigenvalue weighted by atomic mass is 32.2. The average molecular weight is 389 g/mol. The van der Waals surface area contributed by atoms with Crippen LogP contribution in [0.4, 0.5) is 5.00 Å². The molecule has 2 heterocycles. The topological polar surface area (TPSA) is 96.5 Å². The number of hydrogen-bond donors (Lipinski definition) is 1. The van der Waals surface area contributed by atoms with Crippen molar-refractivity contribution in [3.63, 3.8) is 0 Å². The Labute approximate surface area is 160 Å². The second-order valence-electron chi connectivity index (χ2n) is 6.77. The van der Waals surface area contributed by atoms with Crippen molar-refractivity contribution in [2.45, 2.75) is 68.3 Å². The number of nitriles is 1. The minimum absolute atomic E-state index is 0.117. The van der Waals surface area contributed by atoms with Crippen LogP contribution in [-0.2, 0) is 17.6 Å². The van der Waals surface area contributed by atoms with Crippen LogP contribution in [0.5, 0.6) is 0 Å². The van der Waals surface area contributed by atoms with Gasteiger partial charge in [0.05, 0.1) is 16.9 Å². The summed E-state index contributed by atoms with van der Waals surface area (Å²) in [6.07, 6.45) is 7.59. The van der Waals surface area contributed by atoms with Gasteiger partial charge in [0.15, 0.2) is 0 Å². The van der Waals surface area contributed by atoms with Gasteiger partial charge in [-0.1, -0.05) is 18.2 Å². The molecule has 0 bridgehead atoms. The Morgan fingerprint density at radius 2 is 2.19 bits per heavy atom. The van der Waals surface area contributed by atoms with E-state index in [0.29, 0.717) is 21.8 Å². The monoisotopic (exact) mass is 388 g/mol. The lowest BCUT2D eigenvalue weighted by molar-refractivity contribution is -0.115. The number of fused-ring (bicyclic) bond motifs is 1. The van der Waals surface area contributed by atoms with Crippen LogP contribution < -0.4 is 5.32 Å². The number of thiophene rings is 1. The summed E-state index contributed by atoms with van der Waals surface area (Å²) in [4.78, 5) is 13.9. The number of aryl methyl sites for hydroxylation is 1. The van der Waals surface area contributed by atoms with Crippen LogP contribution in [0.2, 0.25) is 0 Å². The molecule has 0 unspecified atom stereocenters. The molecule has 1 amide bonds. The second-order valence-corrected chi connectivity index (χ2v) is 9.18. The zero-order valence-electron chi connectivity index (χ0n) is 14.6. The predicted molar refractivity (Wildman–Crippen MR) is 100 cm³/mol. The van der Waals surface area contributed by atoms with Crippen LogP contribution in [0, 0.1) is 11.3 Å². The first-order chi connectivity index (χ1) is 12.7. The van der Waals surface area contributed by atoms with Gasteiger partial charge in [-0.05, 0) is 61.4 Å². The average Bonchev–Trinajstić information content (AvgIpc) is 3.35. The molecular formula is C17H20N6OS2. The Morgan fingerprint density at radius 1 is 1.38 bits per heavy atom. The highest BCUT2D eigenvalue weighted by Gasteiger charge is 2.30. The molecular weight excluding hydrogens is 368 g/mol. The van der Waals surface area contributed by atoms with E-state index >= 15 is 0 Å². The van der Waals surface area contributed by atoms with Crippen LogP contribution in [0.15, 0.2) is 5.16 Å². The number of rotatable bonds is 5. The normalized spacial score (nSPS) is 17.8. The van der Waals surface area contributed by atoms with Crippen molar-refractivity contribution in [2.24, 2.45) is 0 Å². The molecule has 26 heavy (non-hydrogen) atoms. The molecule has 0 saturated heterocycles. The summed E-state index contributed by atoms with van der Waals surface area (Å²) in [5.74, 6) is -0.117. The van der Waals surface area contributed by atoms with Gasteiger partial charge in [0.1, 0.15) is 11.1 Å². The van der Waals surface area contributed by atoms with Gasteiger partial charge in [0, 0.05) is 4.88 Å². The number of aromatic nitrogens is 4. The summed E-state index contributed by atoms with van der Waals surface area (Å²) in [5, 5.41) is 25.4. The maximum Gasteiger partial charge on any atom is 0.238 e. The number of tetrazole rings is 1. The number of amides is 1. The van der Waals surface area contributed by atoms with E-state index in [1.54, 1.807) is 11.3 Å². The summed E-state index contributed by atoms with van der Waals surface area (Å²) in [6.45, 7) is 1.84. The van der Waals surface area contributed by atoms with E-state index in [9.17, 15) is 10.1 Å². The molecule has 0 aromatic carbocycles. The number of nitrogens with one attached hydrogen (secondary N) is 1. The summed E-state index contributed by atoms with van der Waals surface area (Å²) < 4.78 is 1.81. The van der Waals surface area contributed by atoms with Gasteiger partial charge in [0.2, 0.25) is 11.1 Å². The fraction of sp³-hybridized carbons (Fsp3) is 0.588. The van der Waals surface area contributed by atoms with Crippen LogP contribution >= 0.6 is 23.1 Å². The first-order valence-electron chi connectivity index (χ1n) is 8.97. The summed E-state index contributed by atoms with van der Waals surface area (Å²) in [6, 6.07) is 2.68. The zero-order valence-corrected chi connectivity index (χ0v) is 16.2. The fourth-order valence-corrected chi connectivity index (χ4v) is 5.29. The van der Waals surface area contributed by atoms with Crippen LogP contribution in [0.3, 0.4) is 0 Å². The van der Waals surface area contributed by atoms with Crippen molar-refractivity contribution in [3.8, 4) is 6.07 Å². The lowest BCUT2D eigenvalue weighted by Crippen LogP contribution is -2.23. The predicted octanol–water partition coefficient (Wildman–Crippen LogP) is 3.33. The highest BCUT2D eigenvalue weighted by molar-refractivity contribution is 8.00. The van der Waals surface area contributed by atoms with E-state index in [-0.39, 0.29) is 11.2 Å². The molecule has 7 nitrogen and oxygen atoms in total. The molecule has 1 fully saturated rings. The van der Waals surface area contributed by atoms with Gasteiger partial charge in [0.25, 0.3) is 0 Å². The van der Waals surface area contributed by atoms with Gasteiger partial charge in [-0.2, -0.15) is 5.26 Å². The van der Waals surface area contributed by atoms with Gasteiger partial charge in [-0.15, -0.1) is 16.4 Å². The van der Waals surface area contributed by atoms with E-state index < -0.39 is 0 Å². The van der Waals surface area contributed by atoms with E-state index in [0.717, 1.165) is 44.1 Å². The SMILES string of the molecule is C[C@H](Sc1nnnn1C1CC1)C(=O)Nc1sc2c(c1C#N)CCCCC2. The molecule has 0 spiro atoms. The molecule has 1 N–H and O–H groups in total. The molecule has 0 aliphatic heterocycles. The molecule has 136 valence electrons. The molecule has 2 aromatic rings. The van der Waals surface area contributed by atoms with Gasteiger partial charge in [-0.25, -0.2) is 4.68 Å². The third kappa shape index (κ3) is 3.48. The standard InChI is InChI=1S/C17H20N6OS2/c1-10(25-17-20-21-22-23(17)11-7-8-11)15(24)19-16-13(9-18)12-5-3-2-4-6-14(12)26-16/h10-11H,2-8H2,1H3,(H,19,24)/t10-/m0/s1. The lowest BCUT2D eigenvalue weighted by atomic mass is 10.1. The Kier molecular flexibility index (Phi) is 4.96. The Hall–Kier alpha value is -1.92. The smallest absolute Gasteiger partial charge is 0.238 e. The highest BCUT2D eigenvalue weighted by Crippen LogP contribution is 2.39. The second kappa shape index (κ2) is 7.37. The first-order valence-corrected chi connectivity index (χ1v) is 10.7. The molecule has 2 aromatic heterocycles. The number of carbonyl (C=O) groups is 1. The minimum Gasteiger partial charge on any atom is -0.316 e. The third-order valence-electron chi connectivity index (χ3n) is 4.78. The number of thioether (sulfide) groups is 1. The molecule has 9 heteroatoms. The number of hydrogen-bond acceptors (Lipinski definition) is 7. The molecule has 1 atom stereocenters. The van der Waals surface area contributed by atoms with Crippen molar-refractivity contribution in [1.82, 2.24) is 20.2 Å². The Balaban J connectivity index is 1.47. The molecule has 2 aliphatic carbocycles. The maximum atomic E-state index is 12.7. The van der Waals surface area contributed by atoms with Gasteiger partial charge < -0.3 is 5.32 Å². The third-order valence-corrected chi connectivity index (χ3v) is 7.03. The Bertz CT molecular complexity index is 863. The number of carbonyl (C=O) groups excluding carboxylic acids is 1. The van der Waals surface area contributed by atoms with Crippen molar-refractivity contribution in [2.75, 3.05) is 5.32 Å². The lowest BCUT2D eigenvalue weighted by Gasteiger charge is -2.11. The largest absolute Gasteiger partial charge is 0.316 e. The quantitative estimate of drug-likeness (QED) is 0.623. The van der Waals surface area contributed by atoms with Crippen molar-refractivity contribution in [1.29, 1.82) is 5.26 Å². The maximum absolute atomic E-state index is 12.7. The minimum atomic E-state index is -0.341. The molecule has 4 rings (SSSR count). The van der Waals surface area contributed by atoms with Crippen LogP contribution in [-0.4, -0.2) is 31.4 Å². The van der Waals surface area contributed by atoms with E-state index in [2.05, 4.69) is 26.9 Å². The molecule has 2 aliphatic rings. The number of anilines is 1. The zero-order chi connectivity index (χ0) is 18.1. The van der Waals surface area contributed by atoms with Crippen LogP contribution in [0.25, 0.3) is 0 Å². The summed E-state index contributed by atoms with van der Waals surface area (Å²) >= 11 is 2.92. The fourth-order valence-electron chi connectivity index (χ4n) is 3.19. The van der Waals surface area contributed by atoms with Crippen molar-refractivity contribution in [3.05, 3.63) is 16.0 Å².